The van der Waals surface area contributed by atoms with Gasteiger partial charge in [-0.15, -0.1) is 11.8 Å². The van der Waals surface area contributed by atoms with Crippen molar-refractivity contribution in [2.45, 2.75) is 49.1 Å². The van der Waals surface area contributed by atoms with Crippen molar-refractivity contribution in [1.82, 2.24) is 24.8 Å². The third-order valence-corrected chi connectivity index (χ3v) is 9.62. The van der Waals surface area contributed by atoms with Gasteiger partial charge in [-0.25, -0.2) is 9.37 Å². The molecule has 0 bridgehead atoms. The second-order valence-electron chi connectivity index (χ2n) is 11.1. The minimum Gasteiger partial charge on any atom is -0.462 e. The van der Waals surface area contributed by atoms with E-state index in [0.717, 1.165) is 54.6 Å². The summed E-state index contributed by atoms with van der Waals surface area (Å²) in [6.45, 7) is 5.64. The number of nitrogens with zero attached hydrogens (tertiary/aromatic N) is 7. The van der Waals surface area contributed by atoms with Crippen molar-refractivity contribution in [2.75, 3.05) is 50.5 Å². The highest BCUT2D eigenvalue weighted by Gasteiger charge is 2.33. The van der Waals surface area contributed by atoms with E-state index in [4.69, 9.17) is 19.7 Å². The van der Waals surface area contributed by atoms with E-state index in [0.29, 0.717) is 37.2 Å². The Morgan fingerprint density at radius 2 is 2.05 bits per heavy atom. The number of rotatable bonds is 7. The lowest BCUT2D eigenvalue weighted by Gasteiger charge is -2.41. The van der Waals surface area contributed by atoms with Crippen LogP contribution in [0.5, 0.6) is 6.01 Å². The first-order valence-electron chi connectivity index (χ1n) is 14.5. The number of halogens is 1. The Labute approximate surface area is 249 Å². The molecule has 6 rings (SSSR count). The minimum atomic E-state index is -1.02. The van der Waals surface area contributed by atoms with Crippen LogP contribution in [-0.2, 0) is 11.2 Å². The van der Waals surface area contributed by atoms with E-state index in [1.807, 2.05) is 28.8 Å². The molecule has 2 saturated heterocycles. The van der Waals surface area contributed by atoms with Crippen LogP contribution < -0.4 is 9.64 Å². The van der Waals surface area contributed by atoms with E-state index in [1.54, 1.807) is 0 Å². The molecule has 0 N–H and O–H groups in total. The number of hydrogen-bond donors (Lipinski definition) is 0. The van der Waals surface area contributed by atoms with Crippen LogP contribution in [0.2, 0.25) is 0 Å². The topological polar surface area (TPSA) is 98.5 Å². The molecule has 2 fully saturated rings. The zero-order chi connectivity index (χ0) is 29.2. The van der Waals surface area contributed by atoms with E-state index in [2.05, 4.69) is 42.8 Å². The molecule has 2 atom stereocenters. The zero-order valence-corrected chi connectivity index (χ0v) is 24.6. The zero-order valence-electron chi connectivity index (χ0n) is 23.8. The Balaban J connectivity index is 1.38. The lowest BCUT2D eigenvalue weighted by atomic mass is 9.99. The molecule has 3 aromatic rings. The van der Waals surface area contributed by atoms with Gasteiger partial charge in [-0.2, -0.15) is 15.2 Å². The van der Waals surface area contributed by atoms with Gasteiger partial charge in [0.15, 0.2) is 11.5 Å². The van der Waals surface area contributed by atoms with E-state index in [9.17, 15) is 14.4 Å². The van der Waals surface area contributed by atoms with Gasteiger partial charge in [-0.1, -0.05) is 18.7 Å². The molecule has 0 saturated carbocycles. The van der Waals surface area contributed by atoms with Gasteiger partial charge in [0.1, 0.15) is 12.4 Å². The number of carbonyl (C=O) groups is 1. The van der Waals surface area contributed by atoms with Gasteiger partial charge in [0, 0.05) is 36.1 Å². The molecule has 1 amide bonds. The SMILES string of the molecule is C=C(F)C(=O)N1CCN(c2nc(OC[C@@H]3CCCN3C)nc3nc(-c4cccc5c4CCCS5)ccc23)C[C@@H]1CC#N. The number of benzene rings is 1. The number of amides is 1. The number of aromatic nitrogens is 3. The van der Waals surface area contributed by atoms with Crippen molar-refractivity contribution >= 4 is 34.5 Å². The van der Waals surface area contributed by atoms with Crippen LogP contribution in [0, 0.1) is 11.3 Å². The summed E-state index contributed by atoms with van der Waals surface area (Å²) in [6, 6.07) is 12.6. The summed E-state index contributed by atoms with van der Waals surface area (Å²) < 4.78 is 20.0. The number of nitriles is 1. The molecule has 0 spiro atoms. The monoisotopic (exact) mass is 587 g/mol. The van der Waals surface area contributed by atoms with Crippen LogP contribution in [0.25, 0.3) is 22.3 Å². The lowest BCUT2D eigenvalue weighted by molar-refractivity contribution is -0.131. The van der Waals surface area contributed by atoms with Crippen molar-refractivity contribution in [3.8, 4) is 23.3 Å². The number of anilines is 1. The molecule has 0 unspecified atom stereocenters. The predicted octanol–water partition coefficient (Wildman–Crippen LogP) is 4.62. The average Bonchev–Trinajstić information content (AvgIpc) is 3.43. The summed E-state index contributed by atoms with van der Waals surface area (Å²) >= 11 is 1.89. The maximum Gasteiger partial charge on any atom is 0.320 e. The maximum atomic E-state index is 13.8. The van der Waals surface area contributed by atoms with Crippen molar-refractivity contribution in [2.24, 2.45) is 0 Å². The first-order valence-corrected chi connectivity index (χ1v) is 15.5. The number of piperazine rings is 1. The Morgan fingerprint density at radius 1 is 1.17 bits per heavy atom. The maximum absolute atomic E-state index is 13.8. The highest BCUT2D eigenvalue weighted by Crippen LogP contribution is 2.37. The minimum absolute atomic E-state index is 0.0649. The summed E-state index contributed by atoms with van der Waals surface area (Å²) in [6.07, 6.45) is 4.41. The number of hydrogen-bond acceptors (Lipinski definition) is 9. The molecule has 5 heterocycles. The third kappa shape index (κ3) is 5.65. The number of likely N-dealkylation sites (tertiary alicyclic amines) is 1. The van der Waals surface area contributed by atoms with Gasteiger partial charge < -0.3 is 19.4 Å². The van der Waals surface area contributed by atoms with Crippen LogP contribution >= 0.6 is 11.8 Å². The molecular formula is C31H34FN7O2S. The van der Waals surface area contributed by atoms with Crippen LogP contribution in [0.3, 0.4) is 0 Å². The first kappa shape index (κ1) is 28.4. The summed E-state index contributed by atoms with van der Waals surface area (Å²) in [5.74, 6) is -0.0405. The van der Waals surface area contributed by atoms with Crippen LogP contribution in [0.4, 0.5) is 10.2 Å². The molecule has 11 heteroatoms. The fourth-order valence-corrected chi connectivity index (χ4v) is 7.24. The van der Waals surface area contributed by atoms with Crippen molar-refractivity contribution in [3.05, 3.63) is 48.3 Å². The lowest BCUT2D eigenvalue weighted by Crippen LogP contribution is -2.55. The second kappa shape index (κ2) is 12.2. The number of pyridine rings is 1. The Hall–Kier alpha value is -3.75. The molecular weight excluding hydrogens is 553 g/mol. The average molecular weight is 588 g/mol. The number of thioether (sulfide) groups is 1. The standard InChI is InChI=1S/C31H34FN7O2S/c1-20(32)30(40)39-16-15-38(18-21(39)12-13-33)29-25-10-11-26(23-7-3-9-27-24(23)8-5-17-42-27)34-28(25)35-31(36-29)41-19-22-6-4-14-37(22)2/h3,7,9-11,21-22H,1,4-6,8,12,14-19H2,2H3/t21-,22-/m0/s1. The third-order valence-electron chi connectivity index (χ3n) is 8.44. The van der Waals surface area contributed by atoms with Crippen LogP contribution in [-0.4, -0.2) is 88.3 Å². The molecule has 0 aliphatic carbocycles. The molecule has 3 aliphatic heterocycles. The molecule has 42 heavy (non-hydrogen) atoms. The fraction of sp³-hybridized carbons (Fsp3) is 0.452. The number of ether oxygens (including phenoxy) is 1. The molecule has 218 valence electrons. The van der Waals surface area contributed by atoms with E-state index >= 15 is 0 Å². The summed E-state index contributed by atoms with van der Waals surface area (Å²) in [4.78, 5) is 34.1. The van der Waals surface area contributed by atoms with Crippen molar-refractivity contribution in [3.63, 3.8) is 0 Å². The van der Waals surface area contributed by atoms with E-state index in [-0.39, 0.29) is 19.0 Å². The number of likely N-dealkylation sites (N-methyl/N-ethyl adjacent to an activating group) is 1. The Kier molecular flexibility index (Phi) is 8.27. The van der Waals surface area contributed by atoms with Gasteiger partial charge in [0.25, 0.3) is 5.91 Å². The smallest absolute Gasteiger partial charge is 0.320 e. The normalized spacial score (nSPS) is 20.8. The number of carbonyl (C=O) groups excluding carboxylic acids is 1. The summed E-state index contributed by atoms with van der Waals surface area (Å²) in [5, 5.41) is 10.2. The van der Waals surface area contributed by atoms with Crippen LogP contribution in [0.15, 0.2) is 47.6 Å². The molecule has 9 nitrogen and oxygen atoms in total. The molecule has 0 radical (unpaired) electrons. The molecule has 3 aliphatic rings. The highest BCUT2D eigenvalue weighted by molar-refractivity contribution is 7.99. The Bertz CT molecular complexity index is 1560. The Morgan fingerprint density at radius 3 is 2.83 bits per heavy atom. The van der Waals surface area contributed by atoms with E-state index < -0.39 is 17.8 Å². The van der Waals surface area contributed by atoms with Gasteiger partial charge in [-0.3, -0.25) is 4.79 Å². The largest absolute Gasteiger partial charge is 0.462 e. The van der Waals surface area contributed by atoms with E-state index in [1.165, 1.54) is 15.4 Å². The highest BCUT2D eigenvalue weighted by atomic mass is 32.2. The van der Waals surface area contributed by atoms with Gasteiger partial charge in [0.05, 0.1) is 29.6 Å². The van der Waals surface area contributed by atoms with Gasteiger partial charge in [0.2, 0.25) is 0 Å². The van der Waals surface area contributed by atoms with Crippen LogP contribution in [0.1, 0.15) is 31.2 Å². The summed E-state index contributed by atoms with van der Waals surface area (Å²) in [7, 11) is 2.10. The number of fused-ring (bicyclic) bond motifs is 2. The molecule has 1 aromatic carbocycles. The van der Waals surface area contributed by atoms with Gasteiger partial charge in [-0.05, 0) is 68.8 Å². The quantitative estimate of drug-likeness (QED) is 0.367. The van der Waals surface area contributed by atoms with Crippen molar-refractivity contribution in [1.29, 1.82) is 5.26 Å². The fourth-order valence-electron chi connectivity index (χ4n) is 6.17. The predicted molar refractivity (Wildman–Crippen MR) is 161 cm³/mol. The molecule has 2 aromatic heterocycles. The first-order chi connectivity index (χ1) is 20.4. The van der Waals surface area contributed by atoms with Crippen molar-refractivity contribution < 1.29 is 13.9 Å². The summed E-state index contributed by atoms with van der Waals surface area (Å²) in [5.41, 5.74) is 3.82. The second-order valence-corrected chi connectivity index (χ2v) is 12.2. The van der Waals surface area contributed by atoms with Gasteiger partial charge >= 0.3 is 6.01 Å².